The van der Waals surface area contributed by atoms with Gasteiger partial charge in [-0.1, -0.05) is 64.1 Å². The van der Waals surface area contributed by atoms with E-state index in [1.54, 1.807) is 12.1 Å². The van der Waals surface area contributed by atoms with Gasteiger partial charge in [-0.2, -0.15) is 0 Å². The second kappa shape index (κ2) is 9.36. The molecule has 0 aliphatic carbocycles. The van der Waals surface area contributed by atoms with Crippen molar-refractivity contribution in [2.45, 2.75) is 46.0 Å². The van der Waals surface area contributed by atoms with Crippen molar-refractivity contribution >= 4 is 11.8 Å². The van der Waals surface area contributed by atoms with Crippen LogP contribution in [-0.2, 0) is 21.4 Å². The van der Waals surface area contributed by atoms with Gasteiger partial charge in [-0.05, 0) is 35.1 Å². The lowest BCUT2D eigenvalue weighted by molar-refractivity contribution is -0.143. The number of hydrogen-bond donors (Lipinski definition) is 0. The summed E-state index contributed by atoms with van der Waals surface area (Å²) in [7, 11) is 0. The molecule has 0 spiro atoms. The van der Waals surface area contributed by atoms with Gasteiger partial charge in [-0.15, -0.1) is 0 Å². The van der Waals surface area contributed by atoms with Crippen LogP contribution >= 0.6 is 0 Å². The number of carbonyl (C=O) groups excluding carboxylic acids is 2. The van der Waals surface area contributed by atoms with E-state index in [9.17, 15) is 9.59 Å². The van der Waals surface area contributed by atoms with Gasteiger partial charge in [0, 0.05) is 5.56 Å². The minimum Gasteiger partial charge on any atom is -0.493 e. The first-order chi connectivity index (χ1) is 12.8. The molecule has 0 aliphatic heterocycles. The molecule has 144 valence electrons. The highest BCUT2D eigenvalue weighted by atomic mass is 16.5. The lowest BCUT2D eigenvalue weighted by Gasteiger charge is -2.19. The van der Waals surface area contributed by atoms with Crippen molar-refractivity contribution in [1.82, 2.24) is 0 Å². The monoisotopic (exact) mass is 368 g/mol. The summed E-state index contributed by atoms with van der Waals surface area (Å²) in [5.41, 5.74) is 3.03. The molecule has 0 unspecified atom stereocenters. The van der Waals surface area contributed by atoms with Crippen molar-refractivity contribution in [2.24, 2.45) is 0 Å². The van der Waals surface area contributed by atoms with Crippen molar-refractivity contribution in [2.75, 3.05) is 13.2 Å². The number of rotatable bonds is 8. The number of ketones is 1. The molecule has 0 radical (unpaired) electrons. The van der Waals surface area contributed by atoms with E-state index in [0.29, 0.717) is 11.3 Å². The molecule has 27 heavy (non-hydrogen) atoms. The summed E-state index contributed by atoms with van der Waals surface area (Å²) in [4.78, 5) is 23.8. The standard InChI is InChI=1S/C23H28O4/c1-5-17-6-8-18(9-7-17)21(24)16-27-22(25)14-15-26-20-12-10-19(11-13-20)23(2,3)4/h6-13H,5,14-16H2,1-4H3. The first kappa shape index (κ1) is 20.7. The quantitative estimate of drug-likeness (QED) is 0.499. The summed E-state index contributed by atoms with van der Waals surface area (Å²) in [6, 6.07) is 15.2. The third kappa shape index (κ3) is 6.55. The van der Waals surface area contributed by atoms with Crippen molar-refractivity contribution in [3.8, 4) is 5.75 Å². The Labute approximate surface area is 161 Å². The molecule has 0 fully saturated rings. The molecule has 4 nitrogen and oxygen atoms in total. The highest BCUT2D eigenvalue weighted by molar-refractivity contribution is 5.97. The van der Waals surface area contributed by atoms with E-state index in [0.717, 1.165) is 12.0 Å². The van der Waals surface area contributed by atoms with Crippen LogP contribution in [0.3, 0.4) is 0 Å². The maximum atomic E-state index is 12.0. The fraction of sp³-hybridized carbons (Fsp3) is 0.391. The number of carbonyl (C=O) groups is 2. The number of benzene rings is 2. The van der Waals surface area contributed by atoms with Crippen LogP contribution < -0.4 is 4.74 Å². The Morgan fingerprint density at radius 2 is 1.56 bits per heavy atom. The van der Waals surface area contributed by atoms with E-state index in [1.807, 2.05) is 36.4 Å². The van der Waals surface area contributed by atoms with Gasteiger partial charge in [0.2, 0.25) is 0 Å². The second-order valence-electron chi connectivity index (χ2n) is 7.51. The summed E-state index contributed by atoms with van der Waals surface area (Å²) in [5, 5.41) is 0. The minimum atomic E-state index is -0.445. The Kier molecular flexibility index (Phi) is 7.17. The Morgan fingerprint density at radius 3 is 2.11 bits per heavy atom. The topological polar surface area (TPSA) is 52.6 Å². The van der Waals surface area contributed by atoms with E-state index < -0.39 is 5.97 Å². The zero-order valence-corrected chi connectivity index (χ0v) is 16.6. The Bertz CT molecular complexity index is 752. The SMILES string of the molecule is CCc1ccc(C(=O)COC(=O)CCOc2ccc(C(C)(C)C)cc2)cc1. The molecular formula is C23H28O4. The normalized spacial score (nSPS) is 11.1. The van der Waals surface area contributed by atoms with E-state index in [2.05, 4.69) is 27.7 Å². The predicted octanol–water partition coefficient (Wildman–Crippen LogP) is 4.74. The number of ether oxygens (including phenoxy) is 2. The van der Waals surface area contributed by atoms with Gasteiger partial charge in [-0.3, -0.25) is 9.59 Å². The number of aryl methyl sites for hydroxylation is 1. The first-order valence-corrected chi connectivity index (χ1v) is 9.30. The fourth-order valence-corrected chi connectivity index (χ4v) is 2.53. The van der Waals surface area contributed by atoms with Gasteiger partial charge in [0.25, 0.3) is 0 Å². The van der Waals surface area contributed by atoms with Crippen LogP contribution in [0.1, 0.15) is 55.6 Å². The molecule has 0 saturated heterocycles. The first-order valence-electron chi connectivity index (χ1n) is 9.30. The third-order valence-corrected chi connectivity index (χ3v) is 4.34. The minimum absolute atomic E-state index is 0.0890. The molecule has 4 heteroatoms. The average Bonchev–Trinajstić information content (AvgIpc) is 2.66. The van der Waals surface area contributed by atoms with Crippen molar-refractivity contribution in [3.63, 3.8) is 0 Å². The van der Waals surface area contributed by atoms with Gasteiger partial charge >= 0.3 is 5.97 Å². The molecule has 0 amide bonds. The van der Waals surface area contributed by atoms with Crippen LogP contribution in [-0.4, -0.2) is 25.0 Å². The van der Waals surface area contributed by atoms with Crippen molar-refractivity contribution < 1.29 is 19.1 Å². The summed E-state index contributed by atoms with van der Waals surface area (Å²) < 4.78 is 10.6. The van der Waals surface area contributed by atoms with E-state index >= 15 is 0 Å². The molecule has 0 aliphatic rings. The van der Waals surface area contributed by atoms with Crippen LogP contribution in [0.5, 0.6) is 5.75 Å². The fourth-order valence-electron chi connectivity index (χ4n) is 2.53. The van der Waals surface area contributed by atoms with E-state index in [-0.39, 0.29) is 30.8 Å². The third-order valence-electron chi connectivity index (χ3n) is 4.34. The van der Waals surface area contributed by atoms with Gasteiger partial charge in [0.05, 0.1) is 13.0 Å². The highest BCUT2D eigenvalue weighted by Gasteiger charge is 2.13. The van der Waals surface area contributed by atoms with Gasteiger partial charge < -0.3 is 9.47 Å². The average molecular weight is 368 g/mol. The molecule has 0 aromatic heterocycles. The van der Waals surface area contributed by atoms with Gasteiger partial charge in [-0.25, -0.2) is 0 Å². The van der Waals surface area contributed by atoms with Gasteiger partial charge in [0.1, 0.15) is 5.75 Å². The van der Waals surface area contributed by atoms with Crippen LogP contribution in [0.15, 0.2) is 48.5 Å². The number of esters is 1. The molecule has 2 rings (SSSR count). The molecule has 0 bridgehead atoms. The summed E-state index contributed by atoms with van der Waals surface area (Å²) in [5.74, 6) is 0.0624. The largest absolute Gasteiger partial charge is 0.493 e. The Balaban J connectivity index is 1.72. The van der Waals surface area contributed by atoms with Crippen LogP contribution in [0.25, 0.3) is 0 Å². The van der Waals surface area contributed by atoms with E-state index in [1.165, 1.54) is 5.56 Å². The lowest BCUT2D eigenvalue weighted by Crippen LogP contribution is -2.16. The molecule has 0 heterocycles. The molecule has 2 aromatic carbocycles. The molecule has 0 N–H and O–H groups in total. The zero-order chi connectivity index (χ0) is 19.9. The molecule has 0 atom stereocenters. The zero-order valence-electron chi connectivity index (χ0n) is 16.6. The highest BCUT2D eigenvalue weighted by Crippen LogP contribution is 2.24. The van der Waals surface area contributed by atoms with Crippen molar-refractivity contribution in [1.29, 1.82) is 0 Å². The molecular weight excluding hydrogens is 340 g/mol. The van der Waals surface area contributed by atoms with Crippen LogP contribution in [0.2, 0.25) is 0 Å². The van der Waals surface area contributed by atoms with Crippen molar-refractivity contribution in [3.05, 3.63) is 65.2 Å². The Hall–Kier alpha value is -2.62. The maximum absolute atomic E-state index is 12.0. The van der Waals surface area contributed by atoms with Crippen LogP contribution in [0, 0.1) is 0 Å². The maximum Gasteiger partial charge on any atom is 0.309 e. The molecule has 0 saturated carbocycles. The van der Waals surface area contributed by atoms with Gasteiger partial charge in [0.15, 0.2) is 12.4 Å². The number of Topliss-reactive ketones (excluding diaryl/α,β-unsaturated/α-hetero) is 1. The summed E-state index contributed by atoms with van der Waals surface area (Å²) >= 11 is 0. The summed E-state index contributed by atoms with van der Waals surface area (Å²) in [6.45, 7) is 8.48. The predicted molar refractivity (Wildman–Crippen MR) is 106 cm³/mol. The van der Waals surface area contributed by atoms with Crippen LogP contribution in [0.4, 0.5) is 0 Å². The Morgan fingerprint density at radius 1 is 0.926 bits per heavy atom. The summed E-state index contributed by atoms with van der Waals surface area (Å²) in [6.07, 6.45) is 1.02. The smallest absolute Gasteiger partial charge is 0.309 e. The lowest BCUT2D eigenvalue weighted by atomic mass is 9.87. The second-order valence-corrected chi connectivity index (χ2v) is 7.51. The van der Waals surface area contributed by atoms with E-state index in [4.69, 9.17) is 9.47 Å². The molecule has 2 aromatic rings. The number of hydrogen-bond acceptors (Lipinski definition) is 4.